The van der Waals surface area contributed by atoms with Crippen LogP contribution in [0.1, 0.15) is 32.7 Å². The van der Waals surface area contributed by atoms with Gasteiger partial charge in [0.25, 0.3) is 5.91 Å². The number of carbonyl (C=O) groups excluding carboxylic acids is 2. The van der Waals surface area contributed by atoms with E-state index >= 15 is 0 Å². The maximum Gasteiger partial charge on any atom is 0.275 e. The van der Waals surface area contributed by atoms with E-state index in [-0.39, 0.29) is 23.5 Å². The lowest BCUT2D eigenvalue weighted by molar-refractivity contribution is 0.0949. The fraction of sp³-hybridized carbons (Fsp3) is 0.118. The molecule has 0 unspecified atom stereocenters. The molecule has 2 rings (SSSR count). The minimum atomic E-state index is -0.530. The molecule has 112 valence electrons. The highest BCUT2D eigenvalue weighted by Gasteiger charge is 2.08. The number of carbonyl (C=O) groups is 2. The fourth-order valence-corrected chi connectivity index (χ4v) is 1.82. The zero-order valence-electron chi connectivity index (χ0n) is 12.1. The van der Waals surface area contributed by atoms with Crippen LogP contribution in [0.3, 0.4) is 0 Å². The molecule has 0 aliphatic carbocycles. The molecule has 0 saturated carbocycles. The molecule has 0 aliphatic heterocycles. The van der Waals surface area contributed by atoms with E-state index in [1.165, 1.54) is 18.3 Å². The standard InChI is InChI=1S/C17H16N2O3/c1-12-6-8-13(9-7-12)15(20)10-11-18-19-17(22)14-4-2-3-5-16(14)21/h2-9,11,21H,10H2,1H3,(H,19,22)/b18-11-. The molecular formula is C17H16N2O3. The van der Waals surface area contributed by atoms with Gasteiger partial charge in [0.1, 0.15) is 5.75 Å². The number of hydrogen-bond acceptors (Lipinski definition) is 4. The molecule has 0 aromatic heterocycles. The van der Waals surface area contributed by atoms with Gasteiger partial charge in [-0.15, -0.1) is 0 Å². The number of aromatic hydroxyl groups is 1. The number of hydrogen-bond donors (Lipinski definition) is 2. The van der Waals surface area contributed by atoms with Gasteiger partial charge in [0.05, 0.1) is 5.56 Å². The van der Waals surface area contributed by atoms with Gasteiger partial charge in [-0.05, 0) is 19.1 Å². The Hall–Kier alpha value is -2.95. The Kier molecular flexibility index (Phi) is 5.03. The van der Waals surface area contributed by atoms with Crippen LogP contribution in [0.25, 0.3) is 0 Å². The highest BCUT2D eigenvalue weighted by atomic mass is 16.3. The van der Waals surface area contributed by atoms with Crippen LogP contribution in [0.15, 0.2) is 53.6 Å². The molecule has 0 radical (unpaired) electrons. The van der Waals surface area contributed by atoms with Crippen LogP contribution in [0, 0.1) is 6.92 Å². The van der Waals surface area contributed by atoms with Crippen LogP contribution in [-0.2, 0) is 0 Å². The van der Waals surface area contributed by atoms with Gasteiger partial charge in [0, 0.05) is 18.2 Å². The first-order valence-corrected chi connectivity index (χ1v) is 6.77. The molecule has 5 nitrogen and oxygen atoms in total. The van der Waals surface area contributed by atoms with Gasteiger partial charge in [0.15, 0.2) is 5.78 Å². The second-order valence-electron chi connectivity index (χ2n) is 4.76. The molecule has 5 heteroatoms. The van der Waals surface area contributed by atoms with E-state index in [4.69, 9.17) is 0 Å². The summed E-state index contributed by atoms with van der Waals surface area (Å²) in [4.78, 5) is 23.6. The Morgan fingerprint density at radius 2 is 1.82 bits per heavy atom. The molecule has 2 aromatic carbocycles. The summed E-state index contributed by atoms with van der Waals surface area (Å²) in [6.07, 6.45) is 1.42. The van der Waals surface area contributed by atoms with Crippen molar-refractivity contribution in [1.82, 2.24) is 5.43 Å². The number of aryl methyl sites for hydroxylation is 1. The molecule has 1 amide bonds. The number of phenols is 1. The number of para-hydroxylation sites is 1. The molecule has 0 atom stereocenters. The highest BCUT2D eigenvalue weighted by Crippen LogP contribution is 2.14. The number of nitrogens with one attached hydrogen (secondary N) is 1. The molecule has 0 spiro atoms. The largest absolute Gasteiger partial charge is 0.507 e. The average molecular weight is 296 g/mol. The lowest BCUT2D eigenvalue weighted by Crippen LogP contribution is -2.17. The third kappa shape index (κ3) is 4.02. The molecule has 22 heavy (non-hydrogen) atoms. The lowest BCUT2D eigenvalue weighted by Gasteiger charge is -2.02. The number of Topliss-reactive ketones (excluding diaryl/α,β-unsaturated/α-hetero) is 1. The second kappa shape index (κ2) is 7.17. The minimum absolute atomic E-state index is 0.0828. The zero-order valence-corrected chi connectivity index (χ0v) is 12.1. The molecule has 0 bridgehead atoms. The summed E-state index contributed by atoms with van der Waals surface area (Å²) in [5.74, 6) is -0.733. The first-order valence-electron chi connectivity index (χ1n) is 6.77. The Balaban J connectivity index is 1.88. The van der Waals surface area contributed by atoms with Crippen molar-refractivity contribution in [2.45, 2.75) is 13.3 Å². The van der Waals surface area contributed by atoms with Crippen molar-refractivity contribution < 1.29 is 14.7 Å². The number of benzene rings is 2. The first-order chi connectivity index (χ1) is 10.6. The van der Waals surface area contributed by atoms with E-state index in [0.29, 0.717) is 5.56 Å². The molecule has 0 aliphatic rings. The van der Waals surface area contributed by atoms with Gasteiger partial charge in [-0.3, -0.25) is 9.59 Å². The van der Waals surface area contributed by atoms with Crippen molar-refractivity contribution in [1.29, 1.82) is 0 Å². The Morgan fingerprint density at radius 1 is 1.14 bits per heavy atom. The molecular weight excluding hydrogens is 280 g/mol. The van der Waals surface area contributed by atoms with E-state index in [0.717, 1.165) is 5.56 Å². The number of ketones is 1. The average Bonchev–Trinajstić information content (AvgIpc) is 2.52. The first kappa shape index (κ1) is 15.4. The van der Waals surface area contributed by atoms with Gasteiger partial charge in [-0.25, -0.2) is 5.43 Å². The molecule has 0 heterocycles. The summed E-state index contributed by atoms with van der Waals surface area (Å²) in [6, 6.07) is 13.4. The number of rotatable bonds is 5. The third-order valence-corrected chi connectivity index (χ3v) is 3.06. The van der Waals surface area contributed by atoms with E-state index < -0.39 is 5.91 Å². The second-order valence-corrected chi connectivity index (χ2v) is 4.76. The number of hydrazone groups is 1. The number of amides is 1. The van der Waals surface area contributed by atoms with Crippen LogP contribution < -0.4 is 5.43 Å². The normalized spacial score (nSPS) is 10.6. The monoisotopic (exact) mass is 296 g/mol. The summed E-state index contributed by atoms with van der Waals surface area (Å²) in [5, 5.41) is 13.2. The molecule has 2 N–H and O–H groups in total. The van der Waals surface area contributed by atoms with Gasteiger partial charge in [-0.1, -0.05) is 42.0 Å². The Labute approximate surface area is 128 Å². The van der Waals surface area contributed by atoms with Crippen LogP contribution in [0.5, 0.6) is 5.75 Å². The quantitative estimate of drug-likeness (QED) is 0.506. The smallest absolute Gasteiger partial charge is 0.275 e. The summed E-state index contributed by atoms with van der Waals surface area (Å²) in [7, 11) is 0. The van der Waals surface area contributed by atoms with Crippen molar-refractivity contribution in [3.8, 4) is 5.75 Å². The van der Waals surface area contributed by atoms with E-state index in [1.54, 1.807) is 24.3 Å². The van der Waals surface area contributed by atoms with Crippen molar-refractivity contribution in [2.24, 2.45) is 5.10 Å². The number of nitrogens with zero attached hydrogens (tertiary/aromatic N) is 1. The topological polar surface area (TPSA) is 78.8 Å². The maximum atomic E-state index is 11.9. The molecule has 0 saturated heterocycles. The van der Waals surface area contributed by atoms with Crippen molar-refractivity contribution in [3.05, 3.63) is 65.2 Å². The summed E-state index contributed by atoms with van der Waals surface area (Å²) >= 11 is 0. The van der Waals surface area contributed by atoms with Gasteiger partial charge in [-0.2, -0.15) is 5.10 Å². The van der Waals surface area contributed by atoms with Crippen molar-refractivity contribution in [2.75, 3.05) is 0 Å². The van der Waals surface area contributed by atoms with Crippen molar-refractivity contribution >= 4 is 17.9 Å². The maximum absolute atomic E-state index is 11.9. The SMILES string of the molecule is Cc1ccc(C(=O)C/C=N\NC(=O)c2ccccc2O)cc1. The molecule has 0 fully saturated rings. The Morgan fingerprint density at radius 3 is 2.50 bits per heavy atom. The lowest BCUT2D eigenvalue weighted by atomic mass is 10.1. The van der Waals surface area contributed by atoms with Gasteiger partial charge in [0.2, 0.25) is 0 Å². The van der Waals surface area contributed by atoms with E-state index in [1.807, 2.05) is 19.1 Å². The predicted molar refractivity (Wildman–Crippen MR) is 84.2 cm³/mol. The number of phenolic OH excluding ortho intramolecular Hbond substituents is 1. The van der Waals surface area contributed by atoms with E-state index in [9.17, 15) is 14.7 Å². The predicted octanol–water partition coefficient (Wildman–Crippen LogP) is 2.69. The van der Waals surface area contributed by atoms with Crippen molar-refractivity contribution in [3.63, 3.8) is 0 Å². The van der Waals surface area contributed by atoms with Crippen LogP contribution >= 0.6 is 0 Å². The van der Waals surface area contributed by atoms with Crippen LogP contribution in [0.2, 0.25) is 0 Å². The van der Waals surface area contributed by atoms with Crippen LogP contribution in [0.4, 0.5) is 0 Å². The summed E-state index contributed by atoms with van der Waals surface area (Å²) in [5.41, 5.74) is 4.09. The minimum Gasteiger partial charge on any atom is -0.507 e. The summed E-state index contributed by atoms with van der Waals surface area (Å²) in [6.45, 7) is 1.95. The Bertz CT molecular complexity index is 706. The molecule has 2 aromatic rings. The zero-order chi connectivity index (χ0) is 15.9. The van der Waals surface area contributed by atoms with Gasteiger partial charge >= 0.3 is 0 Å². The fourth-order valence-electron chi connectivity index (χ4n) is 1.82. The third-order valence-electron chi connectivity index (χ3n) is 3.06. The highest BCUT2D eigenvalue weighted by molar-refractivity contribution is 6.04. The van der Waals surface area contributed by atoms with E-state index in [2.05, 4.69) is 10.5 Å². The summed E-state index contributed by atoms with van der Waals surface area (Å²) < 4.78 is 0. The van der Waals surface area contributed by atoms with Gasteiger partial charge < -0.3 is 5.11 Å². The van der Waals surface area contributed by atoms with Crippen LogP contribution in [-0.4, -0.2) is 23.0 Å².